The van der Waals surface area contributed by atoms with Crippen LogP contribution in [0.1, 0.15) is 55.3 Å². The third-order valence-corrected chi connectivity index (χ3v) is 5.44. The fourth-order valence-corrected chi connectivity index (χ4v) is 3.91. The molecule has 1 aliphatic heterocycles. The fraction of sp³-hybridized carbons (Fsp3) is 0.600. The van der Waals surface area contributed by atoms with E-state index in [1.54, 1.807) is 11.0 Å². The first kappa shape index (κ1) is 18.7. The Labute approximate surface area is 153 Å². The summed E-state index contributed by atoms with van der Waals surface area (Å²) < 4.78 is 19.2. The maximum atomic E-state index is 14.2. The minimum Gasteiger partial charge on any atom is -0.497 e. The van der Waals surface area contributed by atoms with Gasteiger partial charge in [-0.3, -0.25) is 9.59 Å². The van der Waals surface area contributed by atoms with Gasteiger partial charge >= 0.3 is 0 Å². The molecule has 1 saturated carbocycles. The molecule has 2 aliphatic rings. The van der Waals surface area contributed by atoms with Crippen LogP contribution in [0, 0.1) is 11.7 Å². The number of amides is 2. The van der Waals surface area contributed by atoms with Crippen LogP contribution in [-0.4, -0.2) is 43.0 Å². The summed E-state index contributed by atoms with van der Waals surface area (Å²) in [5, 5.41) is 3.15. The number of carbonyl (C=O) groups excluding carboxylic acids is 2. The number of nitrogens with one attached hydrogen (secondary N) is 1. The lowest BCUT2D eigenvalue weighted by Gasteiger charge is -2.33. The Morgan fingerprint density at radius 3 is 2.62 bits per heavy atom. The zero-order valence-corrected chi connectivity index (χ0v) is 15.3. The Kier molecular flexibility index (Phi) is 6.12. The molecule has 3 rings (SSSR count). The lowest BCUT2D eigenvalue weighted by molar-refractivity contribution is -0.127. The molecule has 6 heteroatoms. The SMILES string of the molecule is COc1ccc(C(=O)N2CCCC(C(=O)NC3CCCCC3)C2)c(F)c1. The van der Waals surface area contributed by atoms with Crippen molar-refractivity contribution in [1.29, 1.82) is 0 Å². The fourth-order valence-electron chi connectivity index (χ4n) is 3.91. The molecule has 1 aromatic carbocycles. The molecule has 0 bridgehead atoms. The molecule has 2 amide bonds. The normalized spacial score (nSPS) is 21.3. The summed E-state index contributed by atoms with van der Waals surface area (Å²) in [5.41, 5.74) is 0.0270. The van der Waals surface area contributed by atoms with E-state index in [2.05, 4.69) is 5.32 Å². The molecule has 1 aromatic rings. The zero-order valence-electron chi connectivity index (χ0n) is 15.3. The Balaban J connectivity index is 1.62. The van der Waals surface area contributed by atoms with Gasteiger partial charge in [0.1, 0.15) is 11.6 Å². The van der Waals surface area contributed by atoms with Gasteiger partial charge < -0.3 is 15.0 Å². The Bertz CT molecular complexity index is 658. The predicted octanol–water partition coefficient (Wildman–Crippen LogP) is 3.14. The average Bonchev–Trinajstić information content (AvgIpc) is 2.68. The quantitative estimate of drug-likeness (QED) is 0.895. The molecule has 1 atom stereocenters. The van der Waals surface area contributed by atoms with E-state index in [0.717, 1.165) is 38.5 Å². The van der Waals surface area contributed by atoms with Gasteiger partial charge in [-0.2, -0.15) is 0 Å². The van der Waals surface area contributed by atoms with Gasteiger partial charge in [-0.05, 0) is 37.8 Å². The standard InChI is InChI=1S/C20H27FN2O3/c1-26-16-9-10-17(18(21)12-16)20(25)23-11-5-6-14(13-23)19(24)22-15-7-3-2-4-8-15/h9-10,12,14-15H,2-8,11,13H2,1H3,(H,22,24). The molecule has 142 valence electrons. The van der Waals surface area contributed by atoms with Gasteiger partial charge in [0.25, 0.3) is 5.91 Å². The van der Waals surface area contributed by atoms with Crippen molar-refractivity contribution in [3.05, 3.63) is 29.6 Å². The second-order valence-corrected chi connectivity index (χ2v) is 7.28. The van der Waals surface area contributed by atoms with Gasteiger partial charge in [-0.15, -0.1) is 0 Å². The molecule has 26 heavy (non-hydrogen) atoms. The van der Waals surface area contributed by atoms with Crippen molar-refractivity contribution in [1.82, 2.24) is 10.2 Å². The van der Waals surface area contributed by atoms with Gasteiger partial charge in [-0.1, -0.05) is 19.3 Å². The van der Waals surface area contributed by atoms with Crippen molar-refractivity contribution in [3.8, 4) is 5.75 Å². The molecule has 0 aromatic heterocycles. The number of halogens is 1. The Morgan fingerprint density at radius 1 is 1.15 bits per heavy atom. The maximum absolute atomic E-state index is 14.2. The molecule has 1 N–H and O–H groups in total. The van der Waals surface area contributed by atoms with Crippen LogP contribution in [0.15, 0.2) is 18.2 Å². The summed E-state index contributed by atoms with van der Waals surface area (Å²) in [6.45, 7) is 0.903. The van der Waals surface area contributed by atoms with Crippen molar-refractivity contribution in [2.24, 2.45) is 5.92 Å². The van der Waals surface area contributed by atoms with Gasteiger partial charge in [0, 0.05) is 25.2 Å². The number of hydrogen-bond donors (Lipinski definition) is 1. The lowest BCUT2D eigenvalue weighted by atomic mass is 9.92. The number of carbonyl (C=O) groups is 2. The molecule has 1 aliphatic carbocycles. The van der Waals surface area contributed by atoms with Crippen LogP contribution in [0.25, 0.3) is 0 Å². The van der Waals surface area contributed by atoms with Gasteiger partial charge in [0.05, 0.1) is 18.6 Å². The summed E-state index contributed by atoms with van der Waals surface area (Å²) in [6, 6.07) is 4.50. The van der Waals surface area contributed by atoms with E-state index in [4.69, 9.17) is 4.74 Å². The summed E-state index contributed by atoms with van der Waals surface area (Å²) in [6.07, 6.45) is 7.18. The second-order valence-electron chi connectivity index (χ2n) is 7.28. The van der Waals surface area contributed by atoms with Crippen molar-refractivity contribution in [2.75, 3.05) is 20.2 Å². The number of rotatable bonds is 4. The minimum atomic E-state index is -0.594. The van der Waals surface area contributed by atoms with Gasteiger partial charge in [0.15, 0.2) is 0 Å². The van der Waals surface area contributed by atoms with Crippen LogP contribution in [-0.2, 0) is 4.79 Å². The van der Waals surface area contributed by atoms with Crippen molar-refractivity contribution in [2.45, 2.75) is 51.0 Å². The van der Waals surface area contributed by atoms with Crippen LogP contribution in [0.2, 0.25) is 0 Å². The highest BCUT2D eigenvalue weighted by Crippen LogP contribution is 2.23. The third kappa shape index (κ3) is 4.34. The number of piperidine rings is 1. The molecule has 0 radical (unpaired) electrons. The molecule has 1 heterocycles. The molecule has 5 nitrogen and oxygen atoms in total. The largest absolute Gasteiger partial charge is 0.497 e. The monoisotopic (exact) mass is 362 g/mol. The molecule has 2 fully saturated rings. The maximum Gasteiger partial charge on any atom is 0.256 e. The highest BCUT2D eigenvalue weighted by atomic mass is 19.1. The van der Waals surface area contributed by atoms with Crippen LogP contribution >= 0.6 is 0 Å². The number of hydrogen-bond acceptors (Lipinski definition) is 3. The van der Waals surface area contributed by atoms with Crippen molar-refractivity contribution >= 4 is 11.8 Å². The van der Waals surface area contributed by atoms with E-state index in [9.17, 15) is 14.0 Å². The number of ether oxygens (including phenoxy) is 1. The number of methoxy groups -OCH3 is 1. The molecule has 1 unspecified atom stereocenters. The summed E-state index contributed by atoms with van der Waals surface area (Å²) >= 11 is 0. The van der Waals surface area contributed by atoms with E-state index in [0.29, 0.717) is 18.8 Å². The highest BCUT2D eigenvalue weighted by Gasteiger charge is 2.31. The number of nitrogens with zero attached hydrogens (tertiary/aromatic N) is 1. The third-order valence-electron chi connectivity index (χ3n) is 5.44. The van der Waals surface area contributed by atoms with Gasteiger partial charge in [0.2, 0.25) is 5.91 Å². The second kappa shape index (κ2) is 8.52. The Morgan fingerprint density at radius 2 is 1.92 bits per heavy atom. The van der Waals surface area contributed by atoms with E-state index in [-0.39, 0.29) is 29.3 Å². The topological polar surface area (TPSA) is 58.6 Å². The summed E-state index contributed by atoms with van der Waals surface area (Å²) in [5.74, 6) is -0.758. The first-order valence-corrected chi connectivity index (χ1v) is 9.51. The highest BCUT2D eigenvalue weighted by molar-refractivity contribution is 5.95. The van der Waals surface area contributed by atoms with E-state index < -0.39 is 5.82 Å². The molecule has 1 saturated heterocycles. The predicted molar refractivity (Wildman–Crippen MR) is 96.6 cm³/mol. The molecule has 0 spiro atoms. The smallest absolute Gasteiger partial charge is 0.256 e. The van der Waals surface area contributed by atoms with Crippen LogP contribution in [0.4, 0.5) is 4.39 Å². The lowest BCUT2D eigenvalue weighted by Crippen LogP contribution is -2.48. The summed E-state index contributed by atoms with van der Waals surface area (Å²) in [4.78, 5) is 26.9. The zero-order chi connectivity index (χ0) is 18.5. The first-order chi connectivity index (χ1) is 12.6. The van der Waals surface area contributed by atoms with E-state index in [1.165, 1.54) is 25.7 Å². The average molecular weight is 362 g/mol. The first-order valence-electron chi connectivity index (χ1n) is 9.51. The molecular weight excluding hydrogens is 335 g/mol. The van der Waals surface area contributed by atoms with Crippen LogP contribution in [0.3, 0.4) is 0 Å². The number of likely N-dealkylation sites (tertiary alicyclic amines) is 1. The van der Waals surface area contributed by atoms with Crippen molar-refractivity contribution in [3.63, 3.8) is 0 Å². The summed E-state index contributed by atoms with van der Waals surface area (Å²) in [7, 11) is 1.45. The Hall–Kier alpha value is -2.11. The van der Waals surface area contributed by atoms with E-state index >= 15 is 0 Å². The van der Waals surface area contributed by atoms with E-state index in [1.807, 2.05) is 0 Å². The van der Waals surface area contributed by atoms with Crippen LogP contribution < -0.4 is 10.1 Å². The number of benzene rings is 1. The minimum absolute atomic E-state index is 0.0270. The van der Waals surface area contributed by atoms with Crippen LogP contribution in [0.5, 0.6) is 5.75 Å². The van der Waals surface area contributed by atoms with Crippen molar-refractivity contribution < 1.29 is 18.7 Å². The van der Waals surface area contributed by atoms with Gasteiger partial charge in [-0.25, -0.2) is 4.39 Å². The molecular formula is C20H27FN2O3.